The number of aliphatic carboxylic acids is 1. The second kappa shape index (κ2) is 11.1. The third-order valence-corrected chi connectivity index (χ3v) is 8.35. The second-order valence-electron chi connectivity index (χ2n) is 7.79. The predicted molar refractivity (Wildman–Crippen MR) is 146 cm³/mol. The minimum Gasteiger partial charge on any atom is -0.480 e. The number of fused-ring (bicyclic) bond motifs is 1. The first-order valence-electron chi connectivity index (χ1n) is 10.5. The minimum atomic E-state index is -4.20. The zero-order valence-corrected chi connectivity index (χ0v) is 23.4. The maximum absolute atomic E-state index is 13.3. The Balaban J connectivity index is 1.63. The number of halogens is 3. The van der Waals surface area contributed by atoms with E-state index in [0.29, 0.717) is 25.0 Å². The molecule has 1 aromatic heterocycles. The average Bonchev–Trinajstić information content (AvgIpc) is 2.85. The molecule has 3 aromatic carbocycles. The van der Waals surface area contributed by atoms with Crippen molar-refractivity contribution in [2.45, 2.75) is 17.4 Å². The number of para-hydroxylation sites is 1. The molecule has 13 heteroatoms. The van der Waals surface area contributed by atoms with Gasteiger partial charge in [-0.1, -0.05) is 39.7 Å². The van der Waals surface area contributed by atoms with Crippen molar-refractivity contribution in [1.82, 2.24) is 15.3 Å². The van der Waals surface area contributed by atoms with Gasteiger partial charge in [-0.15, -0.1) is 0 Å². The molecule has 0 saturated carbocycles. The number of rotatable bonds is 8. The summed E-state index contributed by atoms with van der Waals surface area (Å²) in [5.74, 6) is -2.03. The van der Waals surface area contributed by atoms with E-state index in [2.05, 4.69) is 51.9 Å². The molecule has 3 N–H and O–H groups in total. The first-order valence-corrected chi connectivity index (χ1v) is 14.0. The van der Waals surface area contributed by atoms with Crippen molar-refractivity contribution in [2.24, 2.45) is 0 Å². The van der Waals surface area contributed by atoms with E-state index in [1.807, 2.05) is 0 Å². The Labute approximate surface area is 233 Å². The summed E-state index contributed by atoms with van der Waals surface area (Å²) in [4.78, 5) is 33.2. The number of hydrogen-bond acceptors (Lipinski definition) is 6. The average molecular weight is 669 g/mol. The quantitative estimate of drug-likeness (QED) is 0.239. The molecule has 9 nitrogen and oxygen atoms in total. The van der Waals surface area contributed by atoms with Crippen LogP contribution < -0.4 is 10.0 Å². The standard InChI is InChI=1S/C24H17Br2ClN4O5S/c25-14-5-6-15(23(32)30-20(24(33)34)11-13-4-7-17(27)16(26)10-13)19(12-14)31-37(35,36)21-3-1-2-18-22(21)29-9-8-28-18/h1-10,12,20,31H,11H2,(H,30,32)(H,33,34)/t20-/m0/s1. The maximum atomic E-state index is 13.3. The molecule has 1 heterocycles. The van der Waals surface area contributed by atoms with Crippen molar-refractivity contribution in [3.05, 3.63) is 92.1 Å². The molecule has 0 radical (unpaired) electrons. The summed E-state index contributed by atoms with van der Waals surface area (Å²) in [6.07, 6.45) is 2.80. The van der Waals surface area contributed by atoms with Crippen LogP contribution >= 0.6 is 43.5 Å². The van der Waals surface area contributed by atoms with E-state index in [4.69, 9.17) is 11.6 Å². The van der Waals surface area contributed by atoms with Gasteiger partial charge < -0.3 is 10.4 Å². The fourth-order valence-corrected chi connectivity index (χ4v) is 5.66. The van der Waals surface area contributed by atoms with Gasteiger partial charge in [0.25, 0.3) is 15.9 Å². The Bertz CT molecular complexity index is 1630. The van der Waals surface area contributed by atoms with Crippen molar-refractivity contribution < 1.29 is 23.1 Å². The maximum Gasteiger partial charge on any atom is 0.326 e. The van der Waals surface area contributed by atoms with E-state index in [1.165, 1.54) is 36.7 Å². The Morgan fingerprint density at radius 2 is 1.78 bits per heavy atom. The molecule has 0 saturated heterocycles. The van der Waals surface area contributed by atoms with E-state index in [9.17, 15) is 23.1 Å². The fourth-order valence-electron chi connectivity index (χ4n) is 3.52. The number of carboxylic acids is 1. The predicted octanol–water partition coefficient (Wildman–Crippen LogP) is 5.03. The van der Waals surface area contributed by atoms with Gasteiger partial charge in [0.2, 0.25) is 0 Å². The highest BCUT2D eigenvalue weighted by Gasteiger charge is 2.25. The largest absolute Gasteiger partial charge is 0.480 e. The van der Waals surface area contributed by atoms with Gasteiger partial charge in [0, 0.05) is 27.8 Å². The van der Waals surface area contributed by atoms with Crippen molar-refractivity contribution in [3.8, 4) is 0 Å². The van der Waals surface area contributed by atoms with Gasteiger partial charge in [0.15, 0.2) is 0 Å². The number of nitrogens with one attached hydrogen (secondary N) is 2. The number of nitrogens with zero attached hydrogens (tertiary/aromatic N) is 2. The molecule has 190 valence electrons. The fraction of sp³-hybridized carbons (Fsp3) is 0.0833. The number of benzene rings is 3. The third-order valence-electron chi connectivity index (χ3n) is 5.25. The zero-order chi connectivity index (χ0) is 26.7. The number of aromatic nitrogens is 2. The van der Waals surface area contributed by atoms with Gasteiger partial charge in [-0.3, -0.25) is 19.5 Å². The van der Waals surface area contributed by atoms with Crippen molar-refractivity contribution in [3.63, 3.8) is 0 Å². The molecule has 4 rings (SSSR count). The van der Waals surface area contributed by atoms with Gasteiger partial charge in [-0.2, -0.15) is 0 Å². The number of carbonyl (C=O) groups excluding carboxylic acids is 1. The number of hydrogen-bond donors (Lipinski definition) is 3. The lowest BCUT2D eigenvalue weighted by Crippen LogP contribution is -2.42. The first kappa shape index (κ1) is 27.0. The topological polar surface area (TPSA) is 138 Å². The number of anilines is 1. The molecule has 1 atom stereocenters. The van der Waals surface area contributed by atoms with E-state index in [1.54, 1.807) is 30.3 Å². The SMILES string of the molecule is O=C(N[C@@H](Cc1ccc(Cl)c(Br)c1)C(=O)O)c1ccc(Br)cc1NS(=O)(=O)c1cccc2nccnc12. The highest BCUT2D eigenvalue weighted by molar-refractivity contribution is 9.10. The summed E-state index contributed by atoms with van der Waals surface area (Å²) in [5, 5.41) is 12.7. The molecular weight excluding hydrogens is 652 g/mol. The smallest absolute Gasteiger partial charge is 0.326 e. The number of sulfonamides is 1. The van der Waals surface area contributed by atoms with Gasteiger partial charge >= 0.3 is 5.97 Å². The van der Waals surface area contributed by atoms with E-state index < -0.39 is 27.9 Å². The van der Waals surface area contributed by atoms with E-state index in [-0.39, 0.29) is 28.1 Å². The van der Waals surface area contributed by atoms with E-state index >= 15 is 0 Å². The van der Waals surface area contributed by atoms with Crippen LogP contribution in [0.4, 0.5) is 5.69 Å². The zero-order valence-electron chi connectivity index (χ0n) is 18.7. The minimum absolute atomic E-state index is 0.0247. The molecule has 0 aliphatic carbocycles. The van der Waals surface area contributed by atoms with Crippen LogP contribution in [-0.2, 0) is 21.2 Å². The summed E-state index contributed by atoms with van der Waals surface area (Å²) >= 11 is 12.6. The lowest BCUT2D eigenvalue weighted by Gasteiger charge is -2.18. The molecular formula is C24H17Br2ClN4O5S. The lowest BCUT2D eigenvalue weighted by molar-refractivity contribution is -0.139. The summed E-state index contributed by atoms with van der Waals surface area (Å²) < 4.78 is 30.1. The molecule has 4 aromatic rings. The number of amides is 1. The van der Waals surface area contributed by atoms with Crippen LogP contribution in [-0.4, -0.2) is 41.4 Å². The monoisotopic (exact) mass is 666 g/mol. The van der Waals surface area contributed by atoms with Crippen molar-refractivity contribution in [2.75, 3.05) is 4.72 Å². The normalized spacial score (nSPS) is 12.2. The molecule has 0 aliphatic heterocycles. The summed E-state index contributed by atoms with van der Waals surface area (Å²) in [6.45, 7) is 0. The first-order chi connectivity index (χ1) is 17.5. The van der Waals surface area contributed by atoms with Crippen molar-refractivity contribution in [1.29, 1.82) is 0 Å². The Kier molecular flexibility index (Phi) is 8.12. The Hall–Kier alpha value is -3.06. The molecule has 1 amide bonds. The van der Waals surface area contributed by atoms with Gasteiger partial charge in [-0.25, -0.2) is 13.2 Å². The van der Waals surface area contributed by atoms with Crippen LogP contribution in [0.5, 0.6) is 0 Å². The molecule has 37 heavy (non-hydrogen) atoms. The molecule has 0 fully saturated rings. The summed E-state index contributed by atoms with van der Waals surface area (Å²) in [5.41, 5.74) is 1.06. The molecule has 0 spiro atoms. The molecule has 0 aliphatic rings. The van der Waals surface area contributed by atoms with Crippen LogP contribution in [0.15, 0.2) is 80.8 Å². The molecule has 0 bridgehead atoms. The highest BCUT2D eigenvalue weighted by Crippen LogP contribution is 2.27. The number of carbonyl (C=O) groups is 2. The molecule has 0 unspecified atom stereocenters. The van der Waals surface area contributed by atoms with Crippen LogP contribution in [0.2, 0.25) is 5.02 Å². The third kappa shape index (κ3) is 6.27. The Morgan fingerprint density at radius 1 is 1.03 bits per heavy atom. The highest BCUT2D eigenvalue weighted by atomic mass is 79.9. The van der Waals surface area contributed by atoms with Gasteiger partial charge in [0.05, 0.1) is 21.8 Å². The summed E-state index contributed by atoms with van der Waals surface area (Å²) in [7, 11) is -4.20. The second-order valence-corrected chi connectivity index (χ2v) is 11.6. The van der Waals surface area contributed by atoms with Crippen molar-refractivity contribution >= 4 is 82.1 Å². The van der Waals surface area contributed by atoms with Gasteiger partial charge in [-0.05, 0) is 64.0 Å². The van der Waals surface area contributed by atoms with Crippen LogP contribution in [0.1, 0.15) is 15.9 Å². The van der Waals surface area contributed by atoms with Crippen LogP contribution in [0, 0.1) is 0 Å². The van der Waals surface area contributed by atoms with Gasteiger partial charge in [0.1, 0.15) is 16.5 Å². The van der Waals surface area contributed by atoms with E-state index in [0.717, 1.165) is 0 Å². The lowest BCUT2D eigenvalue weighted by atomic mass is 10.1. The Morgan fingerprint density at radius 3 is 2.51 bits per heavy atom. The number of carboxylic acid groups (broad SMARTS) is 1. The van der Waals surface area contributed by atoms with Crippen LogP contribution in [0.3, 0.4) is 0 Å². The van der Waals surface area contributed by atoms with Crippen LogP contribution in [0.25, 0.3) is 11.0 Å². The summed E-state index contributed by atoms with van der Waals surface area (Å²) in [6, 6.07) is 12.5.